The number of carbonyl (C=O) groups excluding carboxylic acids is 1. The lowest BCUT2D eigenvalue weighted by Crippen LogP contribution is -2.52. The van der Waals surface area contributed by atoms with Crippen molar-refractivity contribution in [3.63, 3.8) is 0 Å². The number of aliphatic imine (C=N–C) groups is 1. The van der Waals surface area contributed by atoms with Crippen LogP contribution in [-0.4, -0.2) is 109 Å². The first-order chi connectivity index (χ1) is 14.6. The molecule has 0 radical (unpaired) electrons. The van der Waals surface area contributed by atoms with Crippen LogP contribution in [0.25, 0.3) is 0 Å². The smallest absolute Gasteiger partial charge is 0.239 e. The molecule has 9 nitrogen and oxygen atoms in total. The normalized spacial score (nSPS) is 21.2. The van der Waals surface area contributed by atoms with Crippen molar-refractivity contribution in [2.24, 2.45) is 4.99 Å². The number of hydrogen-bond acceptors (Lipinski definition) is 6. The van der Waals surface area contributed by atoms with E-state index in [-0.39, 0.29) is 11.9 Å². The summed E-state index contributed by atoms with van der Waals surface area (Å²) in [6.07, 6.45) is 4.68. The third-order valence-electron chi connectivity index (χ3n) is 5.84. The first-order valence-corrected chi connectivity index (χ1v) is 11.2. The van der Waals surface area contributed by atoms with E-state index in [4.69, 9.17) is 9.52 Å². The molecule has 168 valence electrons. The average molecular weight is 420 g/mol. The van der Waals surface area contributed by atoms with E-state index in [0.29, 0.717) is 0 Å². The maximum absolute atomic E-state index is 12.3. The summed E-state index contributed by atoms with van der Waals surface area (Å²) in [5.41, 5.74) is 0.983. The van der Waals surface area contributed by atoms with Crippen LogP contribution < -0.4 is 5.32 Å². The van der Waals surface area contributed by atoms with Crippen molar-refractivity contribution in [2.45, 2.75) is 38.8 Å². The minimum Gasteiger partial charge on any atom is -0.364 e. The molecule has 1 unspecified atom stereocenters. The lowest BCUT2D eigenvalue weighted by molar-refractivity contribution is -0.133. The minimum atomic E-state index is 0.0509. The molecule has 2 aliphatic heterocycles. The lowest BCUT2D eigenvalue weighted by atomic mass is 10.2. The first-order valence-electron chi connectivity index (χ1n) is 11.2. The molecule has 1 amide bonds. The second-order valence-corrected chi connectivity index (χ2v) is 8.27. The van der Waals surface area contributed by atoms with Gasteiger partial charge in [-0.15, -0.1) is 0 Å². The number of likely N-dealkylation sites (tertiary alicyclic amines) is 1. The Balaban J connectivity index is 1.44. The highest BCUT2D eigenvalue weighted by atomic mass is 16.5. The van der Waals surface area contributed by atoms with Crippen molar-refractivity contribution in [1.82, 2.24) is 30.1 Å². The molecule has 1 aromatic rings. The molecular formula is C21H37N7O2. The molecule has 0 spiro atoms. The molecule has 0 saturated carbocycles. The predicted molar refractivity (Wildman–Crippen MR) is 117 cm³/mol. The summed E-state index contributed by atoms with van der Waals surface area (Å²) in [5, 5.41) is 7.45. The zero-order chi connectivity index (χ0) is 21.3. The fraction of sp³-hybridized carbons (Fsp3) is 0.762. The van der Waals surface area contributed by atoms with Crippen LogP contribution in [0.1, 0.15) is 31.9 Å². The molecule has 0 aromatic carbocycles. The van der Waals surface area contributed by atoms with Gasteiger partial charge in [-0.1, -0.05) is 5.16 Å². The van der Waals surface area contributed by atoms with Crippen molar-refractivity contribution < 1.29 is 9.32 Å². The molecule has 3 heterocycles. The van der Waals surface area contributed by atoms with Gasteiger partial charge in [0.2, 0.25) is 5.91 Å². The van der Waals surface area contributed by atoms with E-state index >= 15 is 0 Å². The van der Waals surface area contributed by atoms with E-state index in [1.165, 1.54) is 0 Å². The molecule has 1 atom stereocenters. The summed E-state index contributed by atoms with van der Waals surface area (Å²) in [5.74, 6) is 1.23. The second kappa shape index (κ2) is 11.3. The Labute approximate surface area is 180 Å². The number of piperazine rings is 1. The average Bonchev–Trinajstić information content (AvgIpc) is 3.42. The Morgan fingerprint density at radius 2 is 2.10 bits per heavy atom. The van der Waals surface area contributed by atoms with Gasteiger partial charge in [-0.3, -0.25) is 19.6 Å². The van der Waals surface area contributed by atoms with Crippen LogP contribution in [0.15, 0.2) is 21.8 Å². The zero-order valence-corrected chi connectivity index (χ0v) is 18.7. The summed E-state index contributed by atoms with van der Waals surface area (Å²) >= 11 is 0. The quantitative estimate of drug-likeness (QED) is 0.377. The minimum absolute atomic E-state index is 0.0509. The van der Waals surface area contributed by atoms with Gasteiger partial charge in [0.05, 0.1) is 11.7 Å². The summed E-state index contributed by atoms with van der Waals surface area (Å²) in [4.78, 5) is 26.0. The van der Waals surface area contributed by atoms with Gasteiger partial charge < -0.3 is 19.6 Å². The number of likely N-dealkylation sites (N-methyl/N-ethyl adjacent to an activating group) is 1. The second-order valence-electron chi connectivity index (χ2n) is 8.27. The van der Waals surface area contributed by atoms with Crippen molar-refractivity contribution in [3.05, 3.63) is 18.0 Å². The van der Waals surface area contributed by atoms with E-state index in [0.717, 1.165) is 89.8 Å². The van der Waals surface area contributed by atoms with Crippen molar-refractivity contribution >= 4 is 11.9 Å². The van der Waals surface area contributed by atoms with E-state index in [2.05, 4.69) is 32.1 Å². The molecule has 9 heteroatoms. The number of rotatable bonds is 8. The SMILES string of the molecule is CCNC(=NCCCN1CCCC1C(=O)N(C)C)N1CCN(Cc2ccon2)CC1. The molecule has 2 aliphatic rings. The van der Waals surface area contributed by atoms with Crippen LogP contribution in [0.2, 0.25) is 0 Å². The summed E-state index contributed by atoms with van der Waals surface area (Å²) in [6.45, 7) is 10.4. The molecule has 30 heavy (non-hydrogen) atoms. The van der Waals surface area contributed by atoms with Gasteiger partial charge in [0.25, 0.3) is 0 Å². The zero-order valence-electron chi connectivity index (χ0n) is 18.7. The Bertz CT molecular complexity index is 669. The van der Waals surface area contributed by atoms with Gasteiger partial charge in [0.1, 0.15) is 6.26 Å². The van der Waals surface area contributed by atoms with Gasteiger partial charge in [0, 0.05) is 72.5 Å². The van der Waals surface area contributed by atoms with Crippen LogP contribution in [0.4, 0.5) is 0 Å². The number of amides is 1. The number of aromatic nitrogens is 1. The number of carbonyl (C=O) groups is 1. The fourth-order valence-corrected chi connectivity index (χ4v) is 4.22. The number of nitrogens with one attached hydrogen (secondary N) is 1. The van der Waals surface area contributed by atoms with Crippen molar-refractivity contribution in [1.29, 1.82) is 0 Å². The van der Waals surface area contributed by atoms with Gasteiger partial charge in [-0.25, -0.2) is 0 Å². The fourth-order valence-electron chi connectivity index (χ4n) is 4.22. The van der Waals surface area contributed by atoms with E-state index in [1.807, 2.05) is 20.2 Å². The number of guanidine groups is 1. The summed E-state index contributed by atoms with van der Waals surface area (Å²) < 4.78 is 4.93. The molecule has 1 aromatic heterocycles. The van der Waals surface area contributed by atoms with Crippen LogP contribution in [-0.2, 0) is 11.3 Å². The van der Waals surface area contributed by atoms with Gasteiger partial charge in [-0.05, 0) is 32.7 Å². The maximum Gasteiger partial charge on any atom is 0.239 e. The largest absolute Gasteiger partial charge is 0.364 e. The third kappa shape index (κ3) is 6.18. The standard InChI is InChI=1S/C21H37N7O2/c1-4-22-21(28-14-12-26(13-15-28)17-18-8-16-30-24-18)23-9-6-11-27-10-5-7-19(27)20(29)25(2)3/h8,16,19H,4-7,9-15,17H2,1-3H3,(H,22,23). The Morgan fingerprint density at radius 3 is 2.77 bits per heavy atom. The monoisotopic (exact) mass is 419 g/mol. The molecule has 0 bridgehead atoms. The summed E-state index contributed by atoms with van der Waals surface area (Å²) in [6, 6.07) is 1.98. The van der Waals surface area contributed by atoms with Crippen molar-refractivity contribution in [2.75, 3.05) is 66.5 Å². The molecule has 2 fully saturated rings. The Morgan fingerprint density at radius 1 is 1.30 bits per heavy atom. The lowest BCUT2D eigenvalue weighted by Gasteiger charge is -2.36. The molecule has 3 rings (SSSR count). The van der Waals surface area contributed by atoms with Crippen LogP contribution in [0.5, 0.6) is 0 Å². The highest BCUT2D eigenvalue weighted by Crippen LogP contribution is 2.18. The number of nitrogens with zero attached hydrogens (tertiary/aromatic N) is 6. The number of hydrogen-bond donors (Lipinski definition) is 1. The highest BCUT2D eigenvalue weighted by molar-refractivity contribution is 5.81. The van der Waals surface area contributed by atoms with E-state index in [1.54, 1.807) is 11.2 Å². The highest BCUT2D eigenvalue weighted by Gasteiger charge is 2.31. The van der Waals surface area contributed by atoms with Gasteiger partial charge in [-0.2, -0.15) is 0 Å². The van der Waals surface area contributed by atoms with Crippen LogP contribution in [0, 0.1) is 0 Å². The van der Waals surface area contributed by atoms with E-state index < -0.39 is 0 Å². The molecule has 0 aliphatic carbocycles. The summed E-state index contributed by atoms with van der Waals surface area (Å²) in [7, 11) is 3.69. The van der Waals surface area contributed by atoms with Crippen LogP contribution in [0.3, 0.4) is 0 Å². The molecule has 1 N–H and O–H groups in total. The Kier molecular flexibility index (Phi) is 8.50. The van der Waals surface area contributed by atoms with E-state index in [9.17, 15) is 4.79 Å². The maximum atomic E-state index is 12.3. The predicted octanol–water partition coefficient (Wildman–Crippen LogP) is 0.700. The van der Waals surface area contributed by atoms with Gasteiger partial charge in [0.15, 0.2) is 5.96 Å². The van der Waals surface area contributed by atoms with Crippen molar-refractivity contribution in [3.8, 4) is 0 Å². The molecule has 2 saturated heterocycles. The molecular weight excluding hydrogens is 382 g/mol. The Hall–Kier alpha value is -2.13. The van der Waals surface area contributed by atoms with Gasteiger partial charge >= 0.3 is 0 Å². The first kappa shape index (κ1) is 22.6. The van der Waals surface area contributed by atoms with Crippen LogP contribution >= 0.6 is 0 Å². The third-order valence-corrected chi connectivity index (χ3v) is 5.84. The topological polar surface area (TPSA) is 80.5 Å².